The molecule has 1 aromatic carbocycles. The molecule has 0 atom stereocenters. The van der Waals surface area contributed by atoms with Crippen LogP contribution in [0.1, 0.15) is 24.8 Å². The van der Waals surface area contributed by atoms with Gasteiger partial charge in [0.1, 0.15) is 0 Å². The molecule has 0 spiro atoms. The lowest BCUT2D eigenvalue weighted by atomic mass is 10.0. The fraction of sp³-hybridized carbons (Fsp3) is 0.300. The van der Waals surface area contributed by atoms with E-state index in [1.54, 1.807) is 10.7 Å². The highest BCUT2D eigenvalue weighted by Crippen LogP contribution is 2.26. The van der Waals surface area contributed by atoms with Gasteiger partial charge in [-0.1, -0.05) is 12.1 Å². The van der Waals surface area contributed by atoms with E-state index in [0.29, 0.717) is 0 Å². The first-order chi connectivity index (χ1) is 12.2. The number of nitrogens with zero attached hydrogens (tertiary/aromatic N) is 3. The predicted molar refractivity (Wildman–Crippen MR) is 98.0 cm³/mol. The molecule has 1 aliphatic heterocycles. The summed E-state index contributed by atoms with van der Waals surface area (Å²) in [5.41, 5.74) is 5.07. The molecular formula is C20H21N3O2. The number of aromatic nitrogens is 2. The van der Waals surface area contributed by atoms with E-state index in [2.05, 4.69) is 34.3 Å². The molecular weight excluding hydrogens is 314 g/mol. The Hall–Kier alpha value is -2.82. The third kappa shape index (κ3) is 3.22. The summed E-state index contributed by atoms with van der Waals surface area (Å²) < 4.78 is 1.73. The van der Waals surface area contributed by atoms with Crippen LogP contribution in [0.3, 0.4) is 0 Å². The summed E-state index contributed by atoms with van der Waals surface area (Å²) in [6.07, 6.45) is 7.37. The zero-order valence-electron chi connectivity index (χ0n) is 14.1. The number of hydrogen-bond donors (Lipinski definition) is 1. The summed E-state index contributed by atoms with van der Waals surface area (Å²) in [6, 6.07) is 12.7. The quantitative estimate of drug-likeness (QED) is 0.791. The Morgan fingerprint density at radius 3 is 2.52 bits per heavy atom. The van der Waals surface area contributed by atoms with E-state index in [-0.39, 0.29) is 6.42 Å². The molecule has 3 aromatic rings. The molecule has 1 aliphatic rings. The number of carboxylic acid groups (broad SMARTS) is 1. The highest BCUT2D eigenvalue weighted by molar-refractivity contribution is 5.77. The van der Waals surface area contributed by atoms with Crippen molar-refractivity contribution in [2.45, 2.75) is 25.7 Å². The van der Waals surface area contributed by atoms with Crippen LogP contribution in [0.15, 0.2) is 48.8 Å². The molecule has 0 aliphatic carbocycles. The van der Waals surface area contributed by atoms with Crippen molar-refractivity contribution in [2.24, 2.45) is 0 Å². The van der Waals surface area contributed by atoms with Gasteiger partial charge < -0.3 is 10.0 Å². The Balaban J connectivity index is 1.63. The zero-order chi connectivity index (χ0) is 17.2. The van der Waals surface area contributed by atoms with Crippen molar-refractivity contribution in [1.29, 1.82) is 0 Å². The molecule has 0 amide bonds. The topological polar surface area (TPSA) is 57.8 Å². The van der Waals surface area contributed by atoms with E-state index >= 15 is 0 Å². The van der Waals surface area contributed by atoms with Gasteiger partial charge in [0.25, 0.3) is 0 Å². The number of carboxylic acids is 1. The largest absolute Gasteiger partial charge is 0.481 e. The van der Waals surface area contributed by atoms with Gasteiger partial charge >= 0.3 is 5.97 Å². The zero-order valence-corrected chi connectivity index (χ0v) is 14.1. The van der Waals surface area contributed by atoms with Gasteiger partial charge in [-0.05, 0) is 54.7 Å². The fourth-order valence-electron chi connectivity index (χ4n) is 3.53. The summed E-state index contributed by atoms with van der Waals surface area (Å²) in [4.78, 5) is 13.5. The third-order valence-corrected chi connectivity index (χ3v) is 4.86. The standard InChI is InChI=1S/C20H21N3O2/c24-20(25)13-17-14-21-23-11-8-16(12-19(17)23)15-4-6-18(7-5-15)22-9-2-1-3-10-22/h4-8,11-12,14H,1-3,9-10,13H2,(H,24,25). The van der Waals surface area contributed by atoms with Crippen LogP contribution in [-0.2, 0) is 11.2 Å². The second-order valence-electron chi connectivity index (χ2n) is 6.58. The van der Waals surface area contributed by atoms with E-state index in [9.17, 15) is 4.79 Å². The van der Waals surface area contributed by atoms with Crippen molar-refractivity contribution in [2.75, 3.05) is 18.0 Å². The van der Waals surface area contributed by atoms with Crippen LogP contribution in [0.2, 0.25) is 0 Å². The van der Waals surface area contributed by atoms with E-state index in [1.165, 1.54) is 24.9 Å². The number of hydrogen-bond acceptors (Lipinski definition) is 3. The number of carbonyl (C=O) groups is 1. The molecule has 1 fully saturated rings. The van der Waals surface area contributed by atoms with E-state index in [0.717, 1.165) is 35.3 Å². The van der Waals surface area contributed by atoms with Crippen molar-refractivity contribution in [3.63, 3.8) is 0 Å². The Labute approximate surface area is 146 Å². The van der Waals surface area contributed by atoms with Crippen molar-refractivity contribution in [1.82, 2.24) is 9.61 Å². The summed E-state index contributed by atoms with van der Waals surface area (Å²) >= 11 is 0. The number of aliphatic carboxylic acids is 1. The minimum atomic E-state index is -0.841. The Bertz CT molecular complexity index is 893. The average Bonchev–Trinajstić information content (AvgIpc) is 3.04. The van der Waals surface area contributed by atoms with Crippen molar-refractivity contribution < 1.29 is 9.90 Å². The van der Waals surface area contributed by atoms with Crippen LogP contribution in [0, 0.1) is 0 Å². The van der Waals surface area contributed by atoms with Gasteiger partial charge in [-0.25, -0.2) is 4.52 Å². The van der Waals surface area contributed by atoms with Crippen LogP contribution < -0.4 is 4.90 Å². The SMILES string of the molecule is O=C(O)Cc1cnn2ccc(-c3ccc(N4CCCCC4)cc3)cc12. The van der Waals surface area contributed by atoms with Gasteiger partial charge in [0, 0.05) is 30.5 Å². The van der Waals surface area contributed by atoms with E-state index < -0.39 is 5.97 Å². The highest BCUT2D eigenvalue weighted by Gasteiger charge is 2.12. The van der Waals surface area contributed by atoms with Gasteiger partial charge in [0.15, 0.2) is 0 Å². The van der Waals surface area contributed by atoms with Gasteiger partial charge in [-0.15, -0.1) is 0 Å². The number of benzene rings is 1. The summed E-state index contributed by atoms with van der Waals surface area (Å²) in [5, 5.41) is 13.3. The maximum Gasteiger partial charge on any atom is 0.307 e. The Morgan fingerprint density at radius 1 is 1.04 bits per heavy atom. The van der Waals surface area contributed by atoms with Gasteiger partial charge in [-0.2, -0.15) is 5.10 Å². The van der Waals surface area contributed by atoms with E-state index in [4.69, 9.17) is 5.11 Å². The first-order valence-corrected chi connectivity index (χ1v) is 8.74. The van der Waals surface area contributed by atoms with Crippen LogP contribution in [0.5, 0.6) is 0 Å². The van der Waals surface area contributed by atoms with Gasteiger partial charge in [0.05, 0.1) is 18.1 Å². The predicted octanol–water partition coefficient (Wildman–Crippen LogP) is 3.62. The molecule has 5 nitrogen and oxygen atoms in total. The second kappa shape index (κ2) is 6.59. The molecule has 0 unspecified atom stereocenters. The Morgan fingerprint density at radius 2 is 1.80 bits per heavy atom. The molecule has 5 heteroatoms. The Kier molecular flexibility index (Phi) is 4.14. The summed E-state index contributed by atoms with van der Waals surface area (Å²) in [6.45, 7) is 2.28. The highest BCUT2D eigenvalue weighted by atomic mass is 16.4. The van der Waals surface area contributed by atoms with Crippen molar-refractivity contribution in [3.05, 3.63) is 54.4 Å². The van der Waals surface area contributed by atoms with Gasteiger partial charge in [0.2, 0.25) is 0 Å². The van der Waals surface area contributed by atoms with Crippen LogP contribution in [0.4, 0.5) is 5.69 Å². The lowest BCUT2D eigenvalue weighted by Crippen LogP contribution is -2.29. The number of fused-ring (bicyclic) bond motifs is 1. The van der Waals surface area contributed by atoms with Gasteiger partial charge in [-0.3, -0.25) is 4.79 Å². The minimum Gasteiger partial charge on any atom is -0.481 e. The molecule has 0 saturated carbocycles. The summed E-state index contributed by atoms with van der Waals surface area (Å²) in [7, 11) is 0. The maximum absolute atomic E-state index is 11.0. The van der Waals surface area contributed by atoms with Crippen molar-refractivity contribution >= 4 is 17.2 Å². The molecule has 25 heavy (non-hydrogen) atoms. The molecule has 2 aromatic heterocycles. The molecule has 128 valence electrons. The average molecular weight is 335 g/mol. The molecule has 0 radical (unpaired) electrons. The molecule has 3 heterocycles. The third-order valence-electron chi connectivity index (χ3n) is 4.86. The summed E-state index contributed by atoms with van der Waals surface area (Å²) in [5.74, 6) is -0.841. The molecule has 1 saturated heterocycles. The van der Waals surface area contributed by atoms with Crippen LogP contribution >= 0.6 is 0 Å². The smallest absolute Gasteiger partial charge is 0.307 e. The number of pyridine rings is 1. The van der Waals surface area contributed by atoms with E-state index in [1.807, 2.05) is 18.3 Å². The molecule has 4 rings (SSSR count). The van der Waals surface area contributed by atoms with Crippen LogP contribution in [-0.4, -0.2) is 33.8 Å². The van der Waals surface area contributed by atoms with Crippen molar-refractivity contribution in [3.8, 4) is 11.1 Å². The molecule has 0 bridgehead atoms. The first-order valence-electron chi connectivity index (χ1n) is 8.74. The lowest BCUT2D eigenvalue weighted by molar-refractivity contribution is -0.136. The molecule has 1 N–H and O–H groups in total. The number of piperidine rings is 1. The second-order valence-corrected chi connectivity index (χ2v) is 6.58. The number of anilines is 1. The first kappa shape index (κ1) is 15.7. The normalized spacial score (nSPS) is 14.8. The number of rotatable bonds is 4. The van der Waals surface area contributed by atoms with Crippen LogP contribution in [0.25, 0.3) is 16.6 Å². The monoisotopic (exact) mass is 335 g/mol. The fourth-order valence-corrected chi connectivity index (χ4v) is 3.53. The lowest BCUT2D eigenvalue weighted by Gasteiger charge is -2.28. The minimum absolute atomic E-state index is 0.0130. The maximum atomic E-state index is 11.0.